The highest BCUT2D eigenvalue weighted by atomic mass is 32.2. The van der Waals surface area contributed by atoms with Gasteiger partial charge in [-0.1, -0.05) is 0 Å². The molecule has 9 heteroatoms. The van der Waals surface area contributed by atoms with Crippen molar-refractivity contribution in [3.8, 4) is 5.69 Å². The molecule has 2 fully saturated rings. The summed E-state index contributed by atoms with van der Waals surface area (Å²) in [6.45, 7) is 5.00. The second-order valence-electron chi connectivity index (χ2n) is 8.28. The van der Waals surface area contributed by atoms with Gasteiger partial charge in [-0.05, 0) is 86.8 Å². The first-order chi connectivity index (χ1) is 15.8. The molecule has 33 heavy (non-hydrogen) atoms. The van der Waals surface area contributed by atoms with Crippen molar-refractivity contribution < 1.29 is 19.2 Å². The van der Waals surface area contributed by atoms with Crippen molar-refractivity contribution in [2.45, 2.75) is 33.1 Å². The maximum absolute atomic E-state index is 12.9. The Morgan fingerprint density at radius 2 is 1.73 bits per heavy atom. The van der Waals surface area contributed by atoms with E-state index >= 15 is 0 Å². The van der Waals surface area contributed by atoms with Gasteiger partial charge in [0.05, 0.1) is 4.91 Å². The van der Waals surface area contributed by atoms with Gasteiger partial charge in [0.2, 0.25) is 11.8 Å². The third-order valence-corrected chi connectivity index (χ3v) is 6.95. The van der Waals surface area contributed by atoms with E-state index in [2.05, 4.69) is 0 Å². The van der Waals surface area contributed by atoms with Crippen molar-refractivity contribution >= 4 is 40.8 Å². The van der Waals surface area contributed by atoms with Gasteiger partial charge in [0, 0.05) is 35.7 Å². The summed E-state index contributed by atoms with van der Waals surface area (Å²) < 4.78 is 2.00. The highest BCUT2D eigenvalue weighted by Crippen LogP contribution is 2.34. The number of aryl methyl sites for hydroxylation is 1. The minimum Gasteiger partial charge on any atom is -0.366 e. The van der Waals surface area contributed by atoms with E-state index in [9.17, 15) is 19.2 Å². The Morgan fingerprint density at radius 3 is 2.36 bits per heavy atom. The van der Waals surface area contributed by atoms with E-state index < -0.39 is 17.1 Å². The van der Waals surface area contributed by atoms with E-state index in [0.717, 1.165) is 58.6 Å². The molecule has 3 heterocycles. The molecule has 2 N–H and O–H groups in total. The molecule has 1 aromatic carbocycles. The number of benzene rings is 1. The minimum absolute atomic E-state index is 0.184. The van der Waals surface area contributed by atoms with E-state index in [-0.39, 0.29) is 12.5 Å². The molecule has 0 unspecified atom stereocenters. The van der Waals surface area contributed by atoms with Gasteiger partial charge in [-0.25, -0.2) is 0 Å². The summed E-state index contributed by atoms with van der Waals surface area (Å²) in [6.07, 6.45) is 4.71. The average Bonchev–Trinajstić information content (AvgIpc) is 3.23. The van der Waals surface area contributed by atoms with Crippen LogP contribution in [0, 0.1) is 13.8 Å². The Hall–Kier alpha value is -3.33. The zero-order chi connectivity index (χ0) is 23.7. The Morgan fingerprint density at radius 1 is 1.06 bits per heavy atom. The van der Waals surface area contributed by atoms with Crippen LogP contribution in [-0.4, -0.2) is 57.0 Å². The van der Waals surface area contributed by atoms with E-state index in [1.165, 1.54) is 0 Å². The molecule has 2 aliphatic rings. The number of likely N-dealkylation sites (tertiary alicyclic amines) is 1. The van der Waals surface area contributed by atoms with Crippen LogP contribution in [0.3, 0.4) is 0 Å². The van der Waals surface area contributed by atoms with Crippen molar-refractivity contribution in [2.24, 2.45) is 5.73 Å². The van der Waals surface area contributed by atoms with Crippen LogP contribution < -0.4 is 5.73 Å². The van der Waals surface area contributed by atoms with Crippen molar-refractivity contribution in [1.29, 1.82) is 0 Å². The lowest BCUT2D eigenvalue weighted by atomic mass is 10.1. The van der Waals surface area contributed by atoms with Crippen LogP contribution in [0.25, 0.3) is 11.8 Å². The summed E-state index contributed by atoms with van der Waals surface area (Å²) in [5.74, 6) is -1.11. The zero-order valence-electron chi connectivity index (χ0n) is 18.7. The molecule has 2 saturated heterocycles. The van der Waals surface area contributed by atoms with Crippen LogP contribution in [0.2, 0.25) is 0 Å². The third-order valence-electron chi connectivity index (χ3n) is 6.04. The number of amides is 4. The summed E-state index contributed by atoms with van der Waals surface area (Å²) in [7, 11) is 0. The fourth-order valence-corrected chi connectivity index (χ4v) is 5.09. The molecular weight excluding hydrogens is 440 g/mol. The SMILES string of the molecule is Cc1cc(/C=C2\SC(=O)N(CC(=O)N3CCCCC3)C2=O)c(C)n1-c1ccc(C(N)=O)cc1. The number of thioether (sulfide) groups is 1. The predicted molar refractivity (Wildman–Crippen MR) is 127 cm³/mol. The summed E-state index contributed by atoms with van der Waals surface area (Å²) in [6, 6.07) is 8.89. The number of imide groups is 1. The Kier molecular flexibility index (Phi) is 6.42. The predicted octanol–water partition coefficient (Wildman–Crippen LogP) is 3.24. The van der Waals surface area contributed by atoms with Gasteiger partial charge in [-0.15, -0.1) is 0 Å². The molecule has 8 nitrogen and oxygen atoms in total. The van der Waals surface area contributed by atoms with Crippen LogP contribution in [0.4, 0.5) is 4.79 Å². The van der Waals surface area contributed by atoms with Gasteiger partial charge < -0.3 is 15.2 Å². The second-order valence-corrected chi connectivity index (χ2v) is 9.28. The van der Waals surface area contributed by atoms with Crippen LogP contribution in [0.5, 0.6) is 0 Å². The van der Waals surface area contributed by atoms with Crippen molar-refractivity contribution in [2.75, 3.05) is 19.6 Å². The lowest BCUT2D eigenvalue weighted by Crippen LogP contribution is -2.44. The normalized spacial score (nSPS) is 17.8. The van der Waals surface area contributed by atoms with E-state index in [1.54, 1.807) is 23.1 Å². The summed E-state index contributed by atoms with van der Waals surface area (Å²) in [4.78, 5) is 52.4. The smallest absolute Gasteiger partial charge is 0.294 e. The quantitative estimate of drug-likeness (QED) is 0.681. The molecule has 0 saturated carbocycles. The van der Waals surface area contributed by atoms with E-state index in [1.807, 2.05) is 36.6 Å². The second kappa shape index (κ2) is 9.27. The highest BCUT2D eigenvalue weighted by molar-refractivity contribution is 8.18. The molecule has 4 amide bonds. The summed E-state index contributed by atoms with van der Waals surface area (Å²) in [5.41, 5.74) is 9.23. The van der Waals surface area contributed by atoms with Gasteiger partial charge in [0.15, 0.2) is 0 Å². The average molecular weight is 467 g/mol. The monoisotopic (exact) mass is 466 g/mol. The molecule has 1 aromatic heterocycles. The molecule has 2 aliphatic heterocycles. The standard InChI is InChI=1S/C24H26N4O4S/c1-15-12-18(16(2)28(15)19-8-6-17(7-9-19)22(25)30)13-20-23(31)27(24(32)33-20)14-21(29)26-10-4-3-5-11-26/h6-9,12-13H,3-5,10-11,14H2,1-2H3,(H2,25,30)/b20-13-. The lowest BCUT2D eigenvalue weighted by Gasteiger charge is -2.27. The van der Waals surface area contributed by atoms with Crippen molar-refractivity contribution in [3.63, 3.8) is 0 Å². The molecule has 0 atom stereocenters. The molecule has 0 radical (unpaired) electrons. The number of piperidine rings is 1. The summed E-state index contributed by atoms with van der Waals surface area (Å²) >= 11 is 0.857. The van der Waals surface area contributed by atoms with E-state index in [0.29, 0.717) is 23.6 Å². The number of carbonyl (C=O) groups is 4. The maximum atomic E-state index is 12.9. The first kappa shape index (κ1) is 22.8. The summed E-state index contributed by atoms with van der Waals surface area (Å²) in [5, 5.41) is -0.424. The maximum Gasteiger partial charge on any atom is 0.294 e. The van der Waals surface area contributed by atoms with Crippen LogP contribution in [0.15, 0.2) is 35.2 Å². The Labute approximate surface area is 196 Å². The van der Waals surface area contributed by atoms with Gasteiger partial charge in [-0.3, -0.25) is 24.1 Å². The lowest BCUT2D eigenvalue weighted by molar-refractivity contribution is -0.136. The number of rotatable bonds is 5. The first-order valence-electron chi connectivity index (χ1n) is 10.9. The number of primary amides is 1. The van der Waals surface area contributed by atoms with Crippen LogP contribution >= 0.6 is 11.8 Å². The van der Waals surface area contributed by atoms with Gasteiger partial charge >= 0.3 is 0 Å². The highest BCUT2D eigenvalue weighted by Gasteiger charge is 2.37. The number of hydrogen-bond acceptors (Lipinski definition) is 5. The minimum atomic E-state index is -0.488. The third kappa shape index (κ3) is 4.59. The Balaban J connectivity index is 1.55. The van der Waals surface area contributed by atoms with Gasteiger partial charge in [0.25, 0.3) is 11.1 Å². The molecule has 0 spiro atoms. The molecule has 0 aliphatic carbocycles. The van der Waals surface area contributed by atoms with Crippen LogP contribution in [-0.2, 0) is 9.59 Å². The fourth-order valence-electron chi connectivity index (χ4n) is 4.26. The zero-order valence-corrected chi connectivity index (χ0v) is 19.5. The van der Waals surface area contributed by atoms with Gasteiger partial charge in [-0.2, -0.15) is 0 Å². The number of carbonyl (C=O) groups excluding carboxylic acids is 4. The number of aromatic nitrogens is 1. The molecule has 2 aromatic rings. The number of hydrogen-bond donors (Lipinski definition) is 1. The molecule has 172 valence electrons. The fraction of sp³-hybridized carbons (Fsp3) is 0.333. The van der Waals surface area contributed by atoms with Crippen LogP contribution in [0.1, 0.15) is 46.6 Å². The topological polar surface area (TPSA) is 106 Å². The molecule has 0 bridgehead atoms. The molecular formula is C24H26N4O4S. The van der Waals surface area contributed by atoms with Gasteiger partial charge in [0.1, 0.15) is 6.54 Å². The van der Waals surface area contributed by atoms with Crippen molar-refractivity contribution in [3.05, 3.63) is 57.8 Å². The largest absolute Gasteiger partial charge is 0.366 e. The first-order valence-corrected chi connectivity index (χ1v) is 11.7. The van der Waals surface area contributed by atoms with Crippen molar-refractivity contribution in [1.82, 2.24) is 14.4 Å². The Bertz CT molecular complexity index is 1160. The molecule has 4 rings (SSSR count). The number of nitrogens with two attached hydrogens (primary N) is 1. The van der Waals surface area contributed by atoms with E-state index in [4.69, 9.17) is 5.73 Å². The number of nitrogens with zero attached hydrogens (tertiary/aromatic N) is 3.